The number of nitrogens with zero attached hydrogens (tertiary/aromatic N) is 2. The molecule has 0 bridgehead atoms. The third kappa shape index (κ3) is 2.09. The van der Waals surface area contributed by atoms with Crippen molar-refractivity contribution in [3.05, 3.63) is 37.1 Å². The fourth-order valence-electron chi connectivity index (χ4n) is 1.08. The van der Waals surface area contributed by atoms with Crippen LogP contribution in [0, 0.1) is 0 Å². The molecule has 0 aliphatic heterocycles. The number of pyridine rings is 1. The largest absolute Gasteiger partial charge is 0.353 e. The Morgan fingerprint density at radius 3 is 2.92 bits per heavy atom. The van der Waals surface area contributed by atoms with E-state index in [0.29, 0.717) is 0 Å². The molecule has 0 aromatic carbocycles. The Bertz CT molecular complexity index is 231. The first-order chi connectivity index (χ1) is 5.88. The van der Waals surface area contributed by atoms with Gasteiger partial charge in [0.25, 0.3) is 0 Å². The van der Waals surface area contributed by atoms with E-state index in [4.69, 9.17) is 0 Å². The molecule has 0 amide bonds. The van der Waals surface area contributed by atoms with Crippen LogP contribution in [0.2, 0.25) is 0 Å². The van der Waals surface area contributed by atoms with Crippen LogP contribution in [-0.4, -0.2) is 18.1 Å². The highest BCUT2D eigenvalue weighted by molar-refractivity contribution is 5.37. The summed E-state index contributed by atoms with van der Waals surface area (Å²) in [7, 11) is 0. The maximum atomic E-state index is 4.25. The summed E-state index contributed by atoms with van der Waals surface area (Å²) in [5, 5.41) is 0. The van der Waals surface area contributed by atoms with Crippen LogP contribution in [0.25, 0.3) is 0 Å². The number of hydrogen-bond donors (Lipinski definition) is 0. The fourth-order valence-corrected chi connectivity index (χ4v) is 1.08. The van der Waals surface area contributed by atoms with Crippen LogP contribution in [0.4, 0.5) is 5.82 Å². The van der Waals surface area contributed by atoms with Crippen LogP contribution in [-0.2, 0) is 0 Å². The van der Waals surface area contributed by atoms with Gasteiger partial charge in [0.05, 0.1) is 0 Å². The topological polar surface area (TPSA) is 16.1 Å². The van der Waals surface area contributed by atoms with E-state index in [-0.39, 0.29) is 0 Å². The maximum absolute atomic E-state index is 4.25. The van der Waals surface area contributed by atoms with Crippen molar-refractivity contribution in [3.8, 4) is 0 Å². The number of aromatic nitrogens is 1. The fraction of sp³-hybridized carbons (Fsp3) is 0.300. The predicted molar refractivity (Wildman–Crippen MR) is 52.3 cm³/mol. The lowest BCUT2D eigenvalue weighted by Gasteiger charge is -2.19. The molecule has 1 aromatic rings. The van der Waals surface area contributed by atoms with Crippen molar-refractivity contribution < 1.29 is 0 Å². The van der Waals surface area contributed by atoms with Gasteiger partial charge in [0.1, 0.15) is 5.82 Å². The van der Waals surface area contributed by atoms with Crippen molar-refractivity contribution in [2.45, 2.75) is 6.92 Å². The van der Waals surface area contributed by atoms with E-state index >= 15 is 0 Å². The second-order valence-corrected chi connectivity index (χ2v) is 2.52. The molecule has 12 heavy (non-hydrogen) atoms. The zero-order chi connectivity index (χ0) is 8.81. The van der Waals surface area contributed by atoms with Gasteiger partial charge in [0.15, 0.2) is 0 Å². The average molecular weight is 162 g/mol. The molecule has 0 fully saturated rings. The Morgan fingerprint density at radius 1 is 1.58 bits per heavy atom. The van der Waals surface area contributed by atoms with E-state index < -0.39 is 0 Å². The molecule has 1 heterocycles. The Morgan fingerprint density at radius 2 is 2.42 bits per heavy atom. The molecule has 0 radical (unpaired) electrons. The molecular formula is C10H14N2. The predicted octanol–water partition coefficient (Wildman–Crippen LogP) is 2.09. The number of rotatable bonds is 4. The first kappa shape index (κ1) is 8.78. The Labute approximate surface area is 73.5 Å². The molecule has 0 spiro atoms. The third-order valence-corrected chi connectivity index (χ3v) is 1.70. The summed E-state index contributed by atoms with van der Waals surface area (Å²) in [4.78, 5) is 6.41. The zero-order valence-electron chi connectivity index (χ0n) is 7.40. The van der Waals surface area contributed by atoms with Crippen molar-refractivity contribution in [3.63, 3.8) is 0 Å². The smallest absolute Gasteiger partial charge is 0.128 e. The molecule has 0 aliphatic rings. The van der Waals surface area contributed by atoms with E-state index in [2.05, 4.69) is 23.4 Å². The lowest BCUT2D eigenvalue weighted by Crippen LogP contribution is -2.23. The minimum Gasteiger partial charge on any atom is -0.353 e. The molecule has 0 saturated heterocycles. The summed E-state index contributed by atoms with van der Waals surface area (Å²) < 4.78 is 0. The van der Waals surface area contributed by atoms with Gasteiger partial charge in [0.2, 0.25) is 0 Å². The molecule has 1 aromatic heterocycles. The highest BCUT2D eigenvalue weighted by atomic mass is 15.2. The molecule has 2 heteroatoms. The van der Waals surface area contributed by atoms with Crippen molar-refractivity contribution >= 4 is 5.82 Å². The van der Waals surface area contributed by atoms with Gasteiger partial charge in [-0.15, -0.1) is 6.58 Å². The minimum absolute atomic E-state index is 0.855. The van der Waals surface area contributed by atoms with Gasteiger partial charge in [-0.1, -0.05) is 12.1 Å². The average Bonchev–Trinajstić information content (AvgIpc) is 2.15. The van der Waals surface area contributed by atoms with Gasteiger partial charge >= 0.3 is 0 Å². The van der Waals surface area contributed by atoms with E-state index in [1.807, 2.05) is 24.3 Å². The Kier molecular flexibility index (Phi) is 3.33. The quantitative estimate of drug-likeness (QED) is 0.630. The number of likely N-dealkylation sites (N-methyl/N-ethyl adjacent to an activating group) is 1. The second kappa shape index (κ2) is 4.54. The molecule has 2 nitrogen and oxygen atoms in total. The molecule has 1 rings (SSSR count). The molecule has 0 atom stereocenters. The molecule has 0 unspecified atom stereocenters. The third-order valence-electron chi connectivity index (χ3n) is 1.70. The van der Waals surface area contributed by atoms with Crippen LogP contribution in [0.3, 0.4) is 0 Å². The van der Waals surface area contributed by atoms with Crippen LogP contribution in [0.1, 0.15) is 6.92 Å². The minimum atomic E-state index is 0.855. The monoisotopic (exact) mass is 162 g/mol. The van der Waals surface area contributed by atoms with Gasteiger partial charge in [-0.2, -0.15) is 0 Å². The van der Waals surface area contributed by atoms with Crippen molar-refractivity contribution in [1.82, 2.24) is 4.98 Å². The zero-order valence-corrected chi connectivity index (χ0v) is 7.40. The van der Waals surface area contributed by atoms with Gasteiger partial charge in [-0.3, -0.25) is 0 Å². The molecule has 0 N–H and O–H groups in total. The first-order valence-corrected chi connectivity index (χ1v) is 4.15. The van der Waals surface area contributed by atoms with Crippen molar-refractivity contribution in [2.24, 2.45) is 0 Å². The summed E-state index contributed by atoms with van der Waals surface area (Å²) in [6.45, 7) is 7.63. The van der Waals surface area contributed by atoms with Crippen LogP contribution in [0.15, 0.2) is 37.1 Å². The molecule has 0 aliphatic carbocycles. The molecule has 0 saturated carbocycles. The highest BCUT2D eigenvalue weighted by Gasteiger charge is 2.00. The highest BCUT2D eigenvalue weighted by Crippen LogP contribution is 2.07. The summed E-state index contributed by atoms with van der Waals surface area (Å²) >= 11 is 0. The van der Waals surface area contributed by atoms with E-state index in [0.717, 1.165) is 18.9 Å². The van der Waals surface area contributed by atoms with Gasteiger partial charge < -0.3 is 4.90 Å². The lowest BCUT2D eigenvalue weighted by molar-refractivity contribution is 0.883. The summed E-state index contributed by atoms with van der Waals surface area (Å²) in [6.07, 6.45) is 3.69. The summed E-state index contributed by atoms with van der Waals surface area (Å²) in [6, 6.07) is 5.92. The van der Waals surface area contributed by atoms with Gasteiger partial charge in [-0.05, 0) is 19.1 Å². The van der Waals surface area contributed by atoms with E-state index in [1.165, 1.54) is 0 Å². The summed E-state index contributed by atoms with van der Waals surface area (Å²) in [5.41, 5.74) is 0. The molecule has 64 valence electrons. The van der Waals surface area contributed by atoms with Gasteiger partial charge in [0, 0.05) is 19.3 Å². The van der Waals surface area contributed by atoms with Crippen molar-refractivity contribution in [2.75, 3.05) is 18.0 Å². The normalized spacial score (nSPS) is 9.42. The number of hydrogen-bond acceptors (Lipinski definition) is 2. The standard InChI is InChI=1S/C10H14N2/c1-3-9-12(4-2)10-7-5-6-8-11-10/h3,5-8H,1,4,9H2,2H3. The van der Waals surface area contributed by atoms with Crippen molar-refractivity contribution in [1.29, 1.82) is 0 Å². The SMILES string of the molecule is C=CCN(CC)c1ccccn1. The summed E-state index contributed by atoms with van der Waals surface area (Å²) in [5.74, 6) is 1.01. The van der Waals surface area contributed by atoms with E-state index in [9.17, 15) is 0 Å². The Hall–Kier alpha value is -1.31. The van der Waals surface area contributed by atoms with Crippen LogP contribution >= 0.6 is 0 Å². The van der Waals surface area contributed by atoms with Crippen LogP contribution in [0.5, 0.6) is 0 Å². The van der Waals surface area contributed by atoms with E-state index in [1.54, 1.807) is 6.20 Å². The maximum Gasteiger partial charge on any atom is 0.128 e. The van der Waals surface area contributed by atoms with Crippen LogP contribution < -0.4 is 4.90 Å². The Balaban J connectivity index is 2.72. The van der Waals surface area contributed by atoms with Gasteiger partial charge in [-0.25, -0.2) is 4.98 Å². The second-order valence-electron chi connectivity index (χ2n) is 2.52. The first-order valence-electron chi connectivity index (χ1n) is 4.15. The lowest BCUT2D eigenvalue weighted by atomic mass is 10.4. The number of anilines is 1. The molecular weight excluding hydrogens is 148 g/mol.